The standard InChI is InChI=1S/C17H18F4/c1-2-12-3-5-13(6-4-12)15-8-7-14(16(18)11-15)9-10-17(19,20)21/h2,7-13H,1,3-6H2/b10-9-. The minimum absolute atomic E-state index is 0.0316. The molecule has 1 fully saturated rings. The van der Waals surface area contributed by atoms with E-state index in [1.165, 1.54) is 12.1 Å². The van der Waals surface area contributed by atoms with E-state index in [-0.39, 0.29) is 17.6 Å². The molecule has 2 rings (SSSR count). The molecule has 1 aromatic rings. The molecule has 0 heterocycles. The van der Waals surface area contributed by atoms with E-state index in [4.69, 9.17) is 0 Å². The summed E-state index contributed by atoms with van der Waals surface area (Å²) in [4.78, 5) is 0. The molecule has 114 valence electrons. The van der Waals surface area contributed by atoms with Crippen molar-refractivity contribution in [3.8, 4) is 0 Å². The molecule has 0 unspecified atom stereocenters. The van der Waals surface area contributed by atoms with Crippen LogP contribution in [0.4, 0.5) is 17.6 Å². The first-order chi connectivity index (χ1) is 9.89. The largest absolute Gasteiger partial charge is 0.409 e. The van der Waals surface area contributed by atoms with Gasteiger partial charge < -0.3 is 0 Å². The fourth-order valence-corrected chi connectivity index (χ4v) is 2.80. The van der Waals surface area contributed by atoms with Crippen LogP contribution in [0.15, 0.2) is 36.9 Å². The zero-order valence-corrected chi connectivity index (χ0v) is 11.7. The maximum atomic E-state index is 13.9. The molecule has 0 saturated heterocycles. The van der Waals surface area contributed by atoms with Crippen molar-refractivity contribution < 1.29 is 17.6 Å². The van der Waals surface area contributed by atoms with Crippen LogP contribution in [0.1, 0.15) is 42.7 Å². The Balaban J connectivity index is 2.09. The SMILES string of the molecule is C=CC1CCC(c2ccc(/C=C\C(F)(F)F)c(F)c2)CC1. The Morgan fingerprint density at radius 3 is 2.29 bits per heavy atom. The van der Waals surface area contributed by atoms with Gasteiger partial charge in [-0.3, -0.25) is 0 Å². The van der Waals surface area contributed by atoms with Crippen molar-refractivity contribution in [1.29, 1.82) is 0 Å². The van der Waals surface area contributed by atoms with Gasteiger partial charge in [0.15, 0.2) is 0 Å². The van der Waals surface area contributed by atoms with Gasteiger partial charge in [0.05, 0.1) is 0 Å². The van der Waals surface area contributed by atoms with Crippen molar-refractivity contribution in [1.82, 2.24) is 0 Å². The Kier molecular flexibility index (Phi) is 4.86. The van der Waals surface area contributed by atoms with E-state index in [0.717, 1.165) is 37.3 Å². The lowest BCUT2D eigenvalue weighted by Gasteiger charge is -2.27. The lowest BCUT2D eigenvalue weighted by molar-refractivity contribution is -0.0790. The summed E-state index contributed by atoms with van der Waals surface area (Å²) in [6.07, 6.45) is 2.36. The molecule has 0 N–H and O–H groups in total. The Hall–Kier alpha value is -1.58. The molecule has 4 heteroatoms. The molecule has 0 aromatic heterocycles. The normalized spacial score (nSPS) is 23.4. The number of halogens is 4. The predicted octanol–water partition coefficient (Wildman–Crippen LogP) is 5.86. The van der Waals surface area contributed by atoms with E-state index in [9.17, 15) is 17.6 Å². The van der Waals surface area contributed by atoms with E-state index in [1.54, 1.807) is 6.07 Å². The minimum Gasteiger partial charge on any atom is -0.206 e. The highest BCUT2D eigenvalue weighted by Crippen LogP contribution is 2.36. The summed E-state index contributed by atoms with van der Waals surface area (Å²) >= 11 is 0. The highest BCUT2D eigenvalue weighted by Gasteiger charge is 2.23. The summed E-state index contributed by atoms with van der Waals surface area (Å²) in [5.74, 6) is 0.218. The zero-order chi connectivity index (χ0) is 15.5. The van der Waals surface area contributed by atoms with E-state index in [0.29, 0.717) is 5.92 Å². The van der Waals surface area contributed by atoms with Crippen LogP contribution in [0, 0.1) is 11.7 Å². The van der Waals surface area contributed by atoms with Crippen LogP contribution in [-0.4, -0.2) is 6.18 Å². The average molecular weight is 298 g/mol. The molecule has 1 saturated carbocycles. The molecule has 0 amide bonds. The number of alkyl halides is 3. The second-order valence-corrected chi connectivity index (χ2v) is 5.50. The topological polar surface area (TPSA) is 0 Å². The number of benzene rings is 1. The van der Waals surface area contributed by atoms with Crippen molar-refractivity contribution in [2.45, 2.75) is 37.8 Å². The highest BCUT2D eigenvalue weighted by molar-refractivity contribution is 5.51. The number of allylic oxidation sites excluding steroid dienone is 2. The highest BCUT2D eigenvalue weighted by atomic mass is 19.4. The monoisotopic (exact) mass is 298 g/mol. The molecular formula is C17H18F4. The van der Waals surface area contributed by atoms with Gasteiger partial charge in [0.25, 0.3) is 0 Å². The van der Waals surface area contributed by atoms with E-state index in [2.05, 4.69) is 6.58 Å². The molecule has 0 bridgehead atoms. The third-order valence-electron chi connectivity index (χ3n) is 4.05. The maximum Gasteiger partial charge on any atom is 0.409 e. The Labute approximate surface area is 122 Å². The maximum absolute atomic E-state index is 13.9. The smallest absolute Gasteiger partial charge is 0.206 e. The van der Waals surface area contributed by atoms with Crippen LogP contribution in [0.25, 0.3) is 6.08 Å². The fraction of sp³-hybridized carbons (Fsp3) is 0.412. The molecule has 0 nitrogen and oxygen atoms in total. The van der Waals surface area contributed by atoms with Gasteiger partial charge >= 0.3 is 6.18 Å². The summed E-state index contributed by atoms with van der Waals surface area (Å²) in [6, 6.07) is 4.53. The second-order valence-electron chi connectivity index (χ2n) is 5.50. The first kappa shape index (κ1) is 15.8. The van der Waals surface area contributed by atoms with Crippen LogP contribution in [0.3, 0.4) is 0 Å². The predicted molar refractivity (Wildman–Crippen MR) is 76.4 cm³/mol. The van der Waals surface area contributed by atoms with E-state index >= 15 is 0 Å². The molecule has 1 aromatic carbocycles. The van der Waals surface area contributed by atoms with Gasteiger partial charge in [0, 0.05) is 11.6 Å². The molecule has 0 spiro atoms. The lowest BCUT2D eigenvalue weighted by atomic mass is 9.78. The van der Waals surface area contributed by atoms with Gasteiger partial charge in [-0.25, -0.2) is 4.39 Å². The van der Waals surface area contributed by atoms with Crippen molar-refractivity contribution in [2.24, 2.45) is 5.92 Å². The van der Waals surface area contributed by atoms with Crippen LogP contribution in [0.2, 0.25) is 0 Å². The molecule has 0 atom stereocenters. The molecule has 1 aliphatic carbocycles. The lowest BCUT2D eigenvalue weighted by Crippen LogP contribution is -2.11. The fourth-order valence-electron chi connectivity index (χ4n) is 2.80. The summed E-state index contributed by atoms with van der Waals surface area (Å²) in [7, 11) is 0. The Bertz CT molecular complexity index is 520. The zero-order valence-electron chi connectivity index (χ0n) is 11.7. The van der Waals surface area contributed by atoms with Crippen molar-refractivity contribution in [3.05, 3.63) is 53.9 Å². The quantitative estimate of drug-likeness (QED) is 0.484. The van der Waals surface area contributed by atoms with Crippen molar-refractivity contribution in [2.75, 3.05) is 0 Å². The Morgan fingerprint density at radius 2 is 1.76 bits per heavy atom. The molecule has 0 radical (unpaired) electrons. The molecule has 21 heavy (non-hydrogen) atoms. The summed E-state index contributed by atoms with van der Waals surface area (Å²) in [5.41, 5.74) is 0.843. The van der Waals surface area contributed by atoms with Crippen LogP contribution in [0.5, 0.6) is 0 Å². The summed E-state index contributed by atoms with van der Waals surface area (Å²) < 4.78 is 50.2. The van der Waals surface area contributed by atoms with Crippen LogP contribution in [-0.2, 0) is 0 Å². The van der Waals surface area contributed by atoms with Gasteiger partial charge in [-0.15, -0.1) is 6.58 Å². The van der Waals surface area contributed by atoms with Gasteiger partial charge in [-0.05, 0) is 55.2 Å². The Morgan fingerprint density at radius 1 is 1.10 bits per heavy atom. The van der Waals surface area contributed by atoms with Gasteiger partial charge in [0.1, 0.15) is 5.82 Å². The molecular weight excluding hydrogens is 280 g/mol. The second kappa shape index (κ2) is 6.46. The summed E-state index contributed by atoms with van der Waals surface area (Å²) in [5, 5.41) is 0. The van der Waals surface area contributed by atoms with Crippen molar-refractivity contribution in [3.63, 3.8) is 0 Å². The van der Waals surface area contributed by atoms with Gasteiger partial charge in [0.2, 0.25) is 0 Å². The molecule has 0 aliphatic heterocycles. The molecule has 1 aliphatic rings. The first-order valence-corrected chi connectivity index (χ1v) is 7.07. The van der Waals surface area contributed by atoms with Crippen LogP contribution >= 0.6 is 0 Å². The van der Waals surface area contributed by atoms with Gasteiger partial charge in [-0.2, -0.15) is 13.2 Å². The average Bonchev–Trinajstić information content (AvgIpc) is 2.45. The third-order valence-corrected chi connectivity index (χ3v) is 4.05. The first-order valence-electron chi connectivity index (χ1n) is 7.07. The van der Waals surface area contributed by atoms with Crippen molar-refractivity contribution >= 4 is 6.08 Å². The third kappa shape index (κ3) is 4.45. The van der Waals surface area contributed by atoms with Crippen LogP contribution < -0.4 is 0 Å². The number of hydrogen-bond donors (Lipinski definition) is 0. The summed E-state index contributed by atoms with van der Waals surface area (Å²) in [6.45, 7) is 3.79. The minimum atomic E-state index is -4.42. The number of hydrogen-bond acceptors (Lipinski definition) is 0. The van der Waals surface area contributed by atoms with Gasteiger partial charge in [-0.1, -0.05) is 18.2 Å². The van der Waals surface area contributed by atoms with E-state index < -0.39 is 12.0 Å². The van der Waals surface area contributed by atoms with E-state index in [1.807, 2.05) is 6.08 Å². The number of rotatable bonds is 3.